The number of halogens is 1. The smallest absolute Gasteiger partial charge is 0.262 e. The van der Waals surface area contributed by atoms with Crippen LogP contribution in [0.4, 0.5) is 10.1 Å². The molecule has 3 rings (SSSR count). The van der Waals surface area contributed by atoms with Crippen molar-refractivity contribution in [2.75, 3.05) is 4.72 Å². The summed E-state index contributed by atoms with van der Waals surface area (Å²) in [5.74, 6) is -1.96. The van der Waals surface area contributed by atoms with E-state index in [1.807, 2.05) is 0 Å². The van der Waals surface area contributed by atoms with E-state index in [0.717, 1.165) is 12.1 Å². The van der Waals surface area contributed by atoms with Crippen molar-refractivity contribution >= 4 is 27.5 Å². The third kappa shape index (κ3) is 2.33. The number of carbonyl (C=O) groups is 2. The second kappa shape index (κ2) is 4.92. The molecular formula is C14H9FN2O4S. The molecule has 2 aromatic rings. The Labute approximate surface area is 125 Å². The van der Waals surface area contributed by atoms with Crippen molar-refractivity contribution < 1.29 is 22.4 Å². The van der Waals surface area contributed by atoms with Crippen molar-refractivity contribution in [2.45, 2.75) is 4.90 Å². The molecule has 0 fully saturated rings. The molecule has 0 radical (unpaired) electrons. The van der Waals surface area contributed by atoms with E-state index in [4.69, 9.17) is 0 Å². The van der Waals surface area contributed by atoms with E-state index < -0.39 is 27.7 Å². The van der Waals surface area contributed by atoms with E-state index in [2.05, 4.69) is 10.0 Å². The van der Waals surface area contributed by atoms with Crippen LogP contribution in [-0.4, -0.2) is 20.2 Å². The minimum Gasteiger partial charge on any atom is -0.288 e. The third-order valence-corrected chi connectivity index (χ3v) is 4.50. The van der Waals surface area contributed by atoms with Gasteiger partial charge in [-0.25, -0.2) is 12.8 Å². The van der Waals surface area contributed by atoms with Crippen LogP contribution in [0.1, 0.15) is 20.7 Å². The van der Waals surface area contributed by atoms with Crippen molar-refractivity contribution in [3.63, 3.8) is 0 Å². The molecule has 0 aliphatic carbocycles. The van der Waals surface area contributed by atoms with Gasteiger partial charge in [-0.15, -0.1) is 0 Å². The van der Waals surface area contributed by atoms with Gasteiger partial charge in [0.05, 0.1) is 21.7 Å². The quantitative estimate of drug-likeness (QED) is 0.839. The molecule has 0 unspecified atom stereocenters. The number of para-hydroxylation sites is 1. The normalized spacial score (nSPS) is 13.7. The zero-order chi connectivity index (χ0) is 15.9. The first kappa shape index (κ1) is 14.2. The summed E-state index contributed by atoms with van der Waals surface area (Å²) in [5.41, 5.74) is -0.125. The predicted molar refractivity (Wildman–Crippen MR) is 75.4 cm³/mol. The Balaban J connectivity index is 2.01. The average molecular weight is 320 g/mol. The van der Waals surface area contributed by atoms with Gasteiger partial charge < -0.3 is 0 Å². The van der Waals surface area contributed by atoms with E-state index in [9.17, 15) is 22.4 Å². The molecule has 0 atom stereocenters. The monoisotopic (exact) mass is 320 g/mol. The number of rotatable bonds is 3. The fourth-order valence-corrected chi connectivity index (χ4v) is 3.15. The molecule has 2 N–H and O–H groups in total. The summed E-state index contributed by atoms with van der Waals surface area (Å²) >= 11 is 0. The summed E-state index contributed by atoms with van der Waals surface area (Å²) in [6.45, 7) is 0. The summed E-state index contributed by atoms with van der Waals surface area (Å²) in [6, 6.07) is 8.81. The minimum absolute atomic E-state index is 0.0265. The van der Waals surface area contributed by atoms with Gasteiger partial charge in [-0.3, -0.25) is 19.6 Å². The highest BCUT2D eigenvalue weighted by atomic mass is 32.2. The Morgan fingerprint density at radius 1 is 0.955 bits per heavy atom. The number of fused-ring (bicyclic) bond motifs is 1. The third-order valence-electron chi connectivity index (χ3n) is 3.14. The predicted octanol–water partition coefficient (Wildman–Crippen LogP) is 1.51. The molecule has 112 valence electrons. The fraction of sp³-hybridized carbons (Fsp3) is 0. The molecule has 2 aromatic carbocycles. The van der Waals surface area contributed by atoms with Crippen LogP contribution in [0.5, 0.6) is 0 Å². The standard InChI is InChI=1S/C14H9FN2O4S/c15-11-3-1-2-4-12(11)17-22(20,21)8-5-6-9-10(7-8)14(19)16-13(9)18/h1-7,17H,(H,16,18,19). The lowest BCUT2D eigenvalue weighted by Crippen LogP contribution is -2.20. The highest BCUT2D eigenvalue weighted by Gasteiger charge is 2.28. The molecule has 6 nitrogen and oxygen atoms in total. The summed E-state index contributed by atoms with van der Waals surface area (Å²) in [7, 11) is -4.08. The van der Waals surface area contributed by atoms with Gasteiger partial charge in [0.25, 0.3) is 21.8 Å². The van der Waals surface area contributed by atoms with Crippen LogP contribution in [-0.2, 0) is 10.0 Å². The van der Waals surface area contributed by atoms with Crippen LogP contribution in [0.15, 0.2) is 47.4 Å². The highest BCUT2D eigenvalue weighted by molar-refractivity contribution is 7.92. The molecule has 0 saturated heterocycles. The van der Waals surface area contributed by atoms with Gasteiger partial charge in [0.15, 0.2) is 0 Å². The maximum absolute atomic E-state index is 13.5. The van der Waals surface area contributed by atoms with Crippen LogP contribution >= 0.6 is 0 Å². The number of amides is 2. The topological polar surface area (TPSA) is 92.3 Å². The first-order valence-corrected chi connectivity index (χ1v) is 7.64. The molecule has 1 aliphatic rings. The van der Waals surface area contributed by atoms with Crippen molar-refractivity contribution in [1.29, 1.82) is 0 Å². The Hall–Kier alpha value is -2.74. The molecule has 8 heteroatoms. The van der Waals surface area contributed by atoms with Gasteiger partial charge >= 0.3 is 0 Å². The van der Waals surface area contributed by atoms with Crippen LogP contribution in [0, 0.1) is 5.82 Å². The van der Waals surface area contributed by atoms with Gasteiger partial charge in [0.1, 0.15) is 5.82 Å². The Morgan fingerprint density at radius 2 is 1.64 bits per heavy atom. The summed E-state index contributed by atoms with van der Waals surface area (Å²) in [5, 5.41) is 2.07. The molecule has 1 aliphatic heterocycles. The van der Waals surface area contributed by atoms with E-state index in [1.54, 1.807) is 0 Å². The Bertz CT molecular complexity index is 909. The molecule has 2 amide bonds. The lowest BCUT2D eigenvalue weighted by atomic mass is 10.1. The van der Waals surface area contributed by atoms with Crippen molar-refractivity contribution in [3.05, 3.63) is 59.4 Å². The number of nitrogens with one attached hydrogen (secondary N) is 2. The van der Waals surface area contributed by atoms with Gasteiger partial charge in [0.2, 0.25) is 0 Å². The van der Waals surface area contributed by atoms with E-state index >= 15 is 0 Å². The van der Waals surface area contributed by atoms with E-state index in [0.29, 0.717) is 0 Å². The zero-order valence-corrected chi connectivity index (χ0v) is 11.8. The first-order valence-electron chi connectivity index (χ1n) is 6.15. The number of carbonyl (C=O) groups excluding carboxylic acids is 2. The van der Waals surface area contributed by atoms with Crippen molar-refractivity contribution in [3.8, 4) is 0 Å². The number of hydrogen-bond acceptors (Lipinski definition) is 4. The van der Waals surface area contributed by atoms with Crippen LogP contribution in [0.2, 0.25) is 0 Å². The summed E-state index contributed by atoms with van der Waals surface area (Å²) < 4.78 is 40.1. The second-order valence-corrected chi connectivity index (χ2v) is 6.26. The highest BCUT2D eigenvalue weighted by Crippen LogP contribution is 2.23. The molecule has 0 aromatic heterocycles. The number of sulfonamides is 1. The summed E-state index contributed by atoms with van der Waals surface area (Å²) in [4.78, 5) is 22.7. The molecule has 0 saturated carbocycles. The summed E-state index contributed by atoms with van der Waals surface area (Å²) in [6.07, 6.45) is 0. The lowest BCUT2D eigenvalue weighted by Gasteiger charge is -2.09. The number of anilines is 1. The second-order valence-electron chi connectivity index (χ2n) is 4.58. The molecule has 22 heavy (non-hydrogen) atoms. The molecular weight excluding hydrogens is 311 g/mol. The average Bonchev–Trinajstić information content (AvgIpc) is 2.76. The number of benzene rings is 2. The number of imide groups is 1. The van der Waals surface area contributed by atoms with Gasteiger partial charge in [-0.1, -0.05) is 12.1 Å². The lowest BCUT2D eigenvalue weighted by molar-refractivity contribution is 0.0879. The molecule has 1 heterocycles. The van der Waals surface area contributed by atoms with E-state index in [1.165, 1.54) is 30.3 Å². The number of hydrogen-bond donors (Lipinski definition) is 2. The SMILES string of the molecule is O=C1NC(=O)c2cc(S(=O)(=O)Nc3ccccc3F)ccc21. The molecule has 0 spiro atoms. The fourth-order valence-electron chi connectivity index (χ4n) is 2.06. The van der Waals surface area contributed by atoms with Crippen molar-refractivity contribution in [1.82, 2.24) is 5.32 Å². The van der Waals surface area contributed by atoms with Crippen molar-refractivity contribution in [2.24, 2.45) is 0 Å². The van der Waals surface area contributed by atoms with Crippen LogP contribution < -0.4 is 10.0 Å². The van der Waals surface area contributed by atoms with Crippen LogP contribution in [0.25, 0.3) is 0 Å². The van der Waals surface area contributed by atoms with Gasteiger partial charge in [0, 0.05) is 0 Å². The Kier molecular flexibility index (Phi) is 3.18. The van der Waals surface area contributed by atoms with E-state index in [-0.39, 0.29) is 21.7 Å². The maximum atomic E-state index is 13.5. The van der Waals surface area contributed by atoms with Crippen LogP contribution in [0.3, 0.4) is 0 Å². The Morgan fingerprint density at radius 3 is 2.36 bits per heavy atom. The zero-order valence-electron chi connectivity index (χ0n) is 11.0. The largest absolute Gasteiger partial charge is 0.288 e. The maximum Gasteiger partial charge on any atom is 0.262 e. The minimum atomic E-state index is -4.08. The molecule has 0 bridgehead atoms. The van der Waals surface area contributed by atoms with Gasteiger partial charge in [-0.2, -0.15) is 0 Å². The van der Waals surface area contributed by atoms with Gasteiger partial charge in [-0.05, 0) is 30.3 Å². The first-order chi connectivity index (χ1) is 10.4.